The van der Waals surface area contributed by atoms with Crippen molar-refractivity contribution < 1.29 is 4.92 Å². The molecular formula is C21H21N3O2. The van der Waals surface area contributed by atoms with Crippen LogP contribution in [0.5, 0.6) is 0 Å². The molecule has 0 aromatic heterocycles. The zero-order valence-corrected chi connectivity index (χ0v) is 14.8. The molecule has 2 aromatic rings. The van der Waals surface area contributed by atoms with Crippen LogP contribution in [0.4, 0.5) is 0 Å². The van der Waals surface area contributed by atoms with Gasteiger partial charge in [-0.05, 0) is 34.4 Å². The highest BCUT2D eigenvalue weighted by Gasteiger charge is 2.46. The minimum atomic E-state index is -0.804. The van der Waals surface area contributed by atoms with E-state index in [1.807, 2.05) is 97.0 Å². The standard InChI is InChI=1S/C21H21N3O2/c1-22-13-11-15-7-3-5-9-17(15)19(22)21(24(25)26)20-18-10-6-4-8-16(18)12-14-23(20)2/h3-14,19-21H,1-2H3. The van der Waals surface area contributed by atoms with Crippen LogP contribution in [0.25, 0.3) is 12.2 Å². The summed E-state index contributed by atoms with van der Waals surface area (Å²) in [6.45, 7) is 0. The van der Waals surface area contributed by atoms with Gasteiger partial charge in [0, 0.05) is 31.4 Å². The first kappa shape index (κ1) is 16.4. The number of fused-ring (bicyclic) bond motifs is 2. The minimum absolute atomic E-state index is 0.117. The number of rotatable bonds is 3. The third-order valence-electron chi connectivity index (χ3n) is 5.38. The number of likely N-dealkylation sites (N-methyl/N-ethyl adjacent to an activating group) is 2. The molecule has 0 amide bonds. The van der Waals surface area contributed by atoms with Crippen LogP contribution in [0.3, 0.4) is 0 Å². The Morgan fingerprint density at radius 3 is 1.69 bits per heavy atom. The summed E-state index contributed by atoms with van der Waals surface area (Å²) in [7, 11) is 3.83. The van der Waals surface area contributed by atoms with Crippen molar-refractivity contribution in [3.8, 4) is 0 Å². The molecule has 4 rings (SSSR count). The van der Waals surface area contributed by atoms with E-state index in [-0.39, 0.29) is 17.0 Å². The third-order valence-corrected chi connectivity index (χ3v) is 5.38. The van der Waals surface area contributed by atoms with Crippen molar-refractivity contribution in [1.82, 2.24) is 9.80 Å². The molecule has 26 heavy (non-hydrogen) atoms. The normalized spacial score (nSPS) is 21.9. The summed E-state index contributed by atoms with van der Waals surface area (Å²) in [6.07, 6.45) is 7.91. The van der Waals surface area contributed by atoms with Gasteiger partial charge < -0.3 is 9.80 Å². The Morgan fingerprint density at radius 1 is 0.846 bits per heavy atom. The summed E-state index contributed by atoms with van der Waals surface area (Å²) in [5.41, 5.74) is 4.09. The fourth-order valence-corrected chi connectivity index (χ4v) is 4.14. The average molecular weight is 347 g/mol. The minimum Gasteiger partial charge on any atom is -0.367 e. The van der Waals surface area contributed by atoms with E-state index in [2.05, 4.69) is 0 Å². The number of hydrogen-bond donors (Lipinski definition) is 0. The zero-order valence-electron chi connectivity index (χ0n) is 14.8. The molecular weight excluding hydrogens is 326 g/mol. The van der Waals surface area contributed by atoms with E-state index in [1.54, 1.807) is 0 Å². The van der Waals surface area contributed by atoms with Crippen LogP contribution < -0.4 is 0 Å². The van der Waals surface area contributed by atoms with E-state index >= 15 is 0 Å². The topological polar surface area (TPSA) is 49.6 Å². The summed E-state index contributed by atoms with van der Waals surface area (Å²) in [5, 5.41) is 12.3. The highest BCUT2D eigenvalue weighted by Crippen LogP contribution is 2.42. The first-order valence-corrected chi connectivity index (χ1v) is 8.69. The predicted octanol–water partition coefficient (Wildman–Crippen LogP) is 3.95. The maximum Gasteiger partial charge on any atom is 0.261 e. The van der Waals surface area contributed by atoms with Crippen molar-refractivity contribution in [3.63, 3.8) is 0 Å². The molecule has 0 bridgehead atoms. The predicted molar refractivity (Wildman–Crippen MR) is 103 cm³/mol. The number of nitrogens with zero attached hydrogens (tertiary/aromatic N) is 3. The van der Waals surface area contributed by atoms with Crippen LogP contribution in [0, 0.1) is 10.1 Å². The fourth-order valence-electron chi connectivity index (χ4n) is 4.14. The molecule has 0 aliphatic carbocycles. The van der Waals surface area contributed by atoms with E-state index < -0.39 is 6.04 Å². The molecule has 0 saturated carbocycles. The monoisotopic (exact) mass is 347 g/mol. The fraction of sp³-hybridized carbons (Fsp3) is 0.238. The van der Waals surface area contributed by atoms with E-state index in [0.29, 0.717) is 0 Å². The lowest BCUT2D eigenvalue weighted by molar-refractivity contribution is -0.539. The number of benzene rings is 2. The van der Waals surface area contributed by atoms with Gasteiger partial charge in [-0.25, -0.2) is 0 Å². The maximum absolute atomic E-state index is 12.3. The zero-order chi connectivity index (χ0) is 18.3. The van der Waals surface area contributed by atoms with Crippen LogP contribution in [0.2, 0.25) is 0 Å². The summed E-state index contributed by atoms with van der Waals surface area (Å²) in [5.74, 6) is 0. The van der Waals surface area contributed by atoms with Gasteiger partial charge in [-0.2, -0.15) is 0 Å². The molecule has 0 N–H and O–H groups in total. The highest BCUT2D eigenvalue weighted by atomic mass is 16.6. The average Bonchev–Trinajstić information content (AvgIpc) is 2.65. The van der Waals surface area contributed by atoms with Crippen molar-refractivity contribution in [3.05, 3.63) is 93.3 Å². The maximum atomic E-state index is 12.3. The lowest BCUT2D eigenvalue weighted by Crippen LogP contribution is -2.46. The summed E-state index contributed by atoms with van der Waals surface area (Å²) in [4.78, 5) is 16.1. The van der Waals surface area contributed by atoms with Gasteiger partial charge in [0.05, 0.1) is 0 Å². The van der Waals surface area contributed by atoms with Crippen LogP contribution in [0.15, 0.2) is 60.9 Å². The van der Waals surface area contributed by atoms with Gasteiger partial charge in [0.2, 0.25) is 0 Å². The largest absolute Gasteiger partial charge is 0.367 e. The van der Waals surface area contributed by atoms with Crippen molar-refractivity contribution in [2.45, 2.75) is 18.1 Å². The molecule has 2 atom stereocenters. The first-order valence-electron chi connectivity index (χ1n) is 8.69. The van der Waals surface area contributed by atoms with Crippen molar-refractivity contribution in [2.24, 2.45) is 0 Å². The van der Waals surface area contributed by atoms with Gasteiger partial charge >= 0.3 is 0 Å². The molecule has 2 aliphatic rings. The smallest absolute Gasteiger partial charge is 0.261 e. The molecule has 0 fully saturated rings. The molecule has 2 aromatic carbocycles. The highest BCUT2D eigenvalue weighted by molar-refractivity contribution is 5.59. The second kappa shape index (κ2) is 6.33. The summed E-state index contributed by atoms with van der Waals surface area (Å²) < 4.78 is 0. The van der Waals surface area contributed by atoms with Gasteiger partial charge in [-0.3, -0.25) is 10.1 Å². The molecule has 5 nitrogen and oxygen atoms in total. The quantitative estimate of drug-likeness (QED) is 0.623. The van der Waals surface area contributed by atoms with Gasteiger partial charge in [-0.1, -0.05) is 48.5 Å². The summed E-state index contributed by atoms with van der Waals surface area (Å²) in [6, 6.07) is 14.4. The molecule has 0 spiro atoms. The van der Waals surface area contributed by atoms with Crippen molar-refractivity contribution >= 4 is 12.2 Å². The van der Waals surface area contributed by atoms with E-state index in [9.17, 15) is 10.1 Å². The van der Waals surface area contributed by atoms with Crippen molar-refractivity contribution in [2.75, 3.05) is 14.1 Å². The molecule has 2 aliphatic heterocycles. The van der Waals surface area contributed by atoms with E-state index in [0.717, 1.165) is 22.3 Å². The van der Waals surface area contributed by atoms with Gasteiger partial charge in [0.15, 0.2) is 0 Å². The van der Waals surface area contributed by atoms with E-state index in [4.69, 9.17) is 0 Å². The van der Waals surface area contributed by atoms with Gasteiger partial charge in [-0.15, -0.1) is 0 Å². The molecule has 132 valence electrons. The molecule has 0 radical (unpaired) electrons. The summed E-state index contributed by atoms with van der Waals surface area (Å²) >= 11 is 0. The Balaban J connectivity index is 1.86. The third kappa shape index (κ3) is 2.56. The number of nitro groups is 1. The lowest BCUT2D eigenvalue weighted by Gasteiger charge is -2.40. The van der Waals surface area contributed by atoms with Gasteiger partial charge in [0.1, 0.15) is 12.1 Å². The van der Waals surface area contributed by atoms with Gasteiger partial charge in [0.25, 0.3) is 6.04 Å². The Labute approximate surface area is 153 Å². The Kier molecular flexibility index (Phi) is 3.99. The van der Waals surface area contributed by atoms with Crippen molar-refractivity contribution in [1.29, 1.82) is 0 Å². The molecule has 0 saturated heterocycles. The lowest BCUT2D eigenvalue weighted by atomic mass is 9.83. The second-order valence-corrected chi connectivity index (χ2v) is 6.89. The Hall–Kier alpha value is -3.08. The van der Waals surface area contributed by atoms with E-state index in [1.165, 1.54) is 0 Å². The molecule has 2 heterocycles. The van der Waals surface area contributed by atoms with Crippen LogP contribution in [0.1, 0.15) is 34.3 Å². The Morgan fingerprint density at radius 2 is 1.27 bits per heavy atom. The second-order valence-electron chi connectivity index (χ2n) is 6.89. The van der Waals surface area contributed by atoms with Crippen LogP contribution >= 0.6 is 0 Å². The Bertz CT molecular complexity index is 838. The number of hydrogen-bond acceptors (Lipinski definition) is 4. The molecule has 5 heteroatoms. The van der Waals surface area contributed by atoms with Crippen LogP contribution in [-0.4, -0.2) is 34.9 Å². The van der Waals surface area contributed by atoms with Crippen LogP contribution in [-0.2, 0) is 0 Å². The SMILES string of the molecule is CN1C=Cc2ccccc2C1C(C1c2ccccc2C=CN1C)[N+](=O)[O-]. The molecule has 2 unspecified atom stereocenters. The first-order chi connectivity index (χ1) is 12.6.